The maximum Gasteiger partial charge on any atom is 0.238 e. The van der Waals surface area contributed by atoms with E-state index in [0.29, 0.717) is 16.3 Å². The maximum absolute atomic E-state index is 13.2. The summed E-state index contributed by atoms with van der Waals surface area (Å²) in [6, 6.07) is 11.9. The molecule has 0 aromatic heterocycles. The first-order valence-electron chi connectivity index (χ1n) is 6.34. The van der Waals surface area contributed by atoms with E-state index in [1.807, 2.05) is 24.3 Å². The van der Waals surface area contributed by atoms with Crippen LogP contribution in [0.15, 0.2) is 47.4 Å². The monoisotopic (exact) mass is 305 g/mol. The smallest absolute Gasteiger partial charge is 0.238 e. The van der Waals surface area contributed by atoms with Crippen LogP contribution in [0.1, 0.15) is 11.1 Å². The molecule has 0 bridgehead atoms. The van der Waals surface area contributed by atoms with E-state index in [4.69, 9.17) is 11.6 Å². The standard InChI is InChI=1S/C15H16FN3OS/c16-12-5-6-13(17)14(8-12)21-9-11-4-2-1-3-10(11)7-15(20)19-18/h1-6,8H,7,9,17-18H2,(H,19,20). The average molecular weight is 305 g/mol. The topological polar surface area (TPSA) is 81.1 Å². The molecular formula is C15H16FN3OS. The summed E-state index contributed by atoms with van der Waals surface area (Å²) in [4.78, 5) is 12.1. The van der Waals surface area contributed by atoms with Crippen LogP contribution in [0.2, 0.25) is 0 Å². The van der Waals surface area contributed by atoms with Gasteiger partial charge in [-0.15, -0.1) is 11.8 Å². The lowest BCUT2D eigenvalue weighted by atomic mass is 10.1. The van der Waals surface area contributed by atoms with E-state index in [-0.39, 0.29) is 18.1 Å². The van der Waals surface area contributed by atoms with Crippen LogP contribution in [0.5, 0.6) is 0 Å². The average Bonchev–Trinajstić information content (AvgIpc) is 2.49. The van der Waals surface area contributed by atoms with Crippen molar-refractivity contribution in [2.45, 2.75) is 17.1 Å². The fourth-order valence-corrected chi connectivity index (χ4v) is 2.91. The van der Waals surface area contributed by atoms with Crippen LogP contribution in [0.4, 0.5) is 10.1 Å². The van der Waals surface area contributed by atoms with Gasteiger partial charge in [-0.3, -0.25) is 10.2 Å². The van der Waals surface area contributed by atoms with Crippen molar-refractivity contribution in [2.24, 2.45) is 5.84 Å². The van der Waals surface area contributed by atoms with Gasteiger partial charge in [0.1, 0.15) is 5.82 Å². The number of hydrazine groups is 1. The number of halogens is 1. The van der Waals surface area contributed by atoms with E-state index in [1.54, 1.807) is 6.07 Å². The molecule has 21 heavy (non-hydrogen) atoms. The third-order valence-electron chi connectivity index (χ3n) is 2.99. The number of hydrogen-bond donors (Lipinski definition) is 3. The molecule has 2 aromatic rings. The number of carbonyl (C=O) groups is 1. The fourth-order valence-electron chi connectivity index (χ4n) is 1.88. The molecule has 0 aliphatic heterocycles. The Labute approximate surface area is 126 Å². The van der Waals surface area contributed by atoms with Gasteiger partial charge in [-0.25, -0.2) is 10.2 Å². The summed E-state index contributed by atoms with van der Waals surface area (Å²) in [5.41, 5.74) is 10.4. The van der Waals surface area contributed by atoms with Crippen molar-refractivity contribution in [3.05, 3.63) is 59.4 Å². The first-order chi connectivity index (χ1) is 10.1. The van der Waals surface area contributed by atoms with Gasteiger partial charge in [0, 0.05) is 16.3 Å². The van der Waals surface area contributed by atoms with Crippen molar-refractivity contribution in [1.29, 1.82) is 0 Å². The number of nitrogen functional groups attached to an aromatic ring is 1. The summed E-state index contributed by atoms with van der Waals surface area (Å²) in [5, 5.41) is 0. The quantitative estimate of drug-likeness (QED) is 0.260. The molecule has 0 radical (unpaired) electrons. The van der Waals surface area contributed by atoms with Gasteiger partial charge in [-0.05, 0) is 29.3 Å². The molecule has 2 aromatic carbocycles. The highest BCUT2D eigenvalue weighted by Gasteiger charge is 2.08. The van der Waals surface area contributed by atoms with Crippen LogP contribution in [0, 0.1) is 5.82 Å². The van der Waals surface area contributed by atoms with Gasteiger partial charge in [0.2, 0.25) is 5.91 Å². The molecule has 1 amide bonds. The molecule has 110 valence electrons. The molecule has 0 fully saturated rings. The number of amides is 1. The number of benzene rings is 2. The normalized spacial score (nSPS) is 10.4. The van der Waals surface area contributed by atoms with Gasteiger partial charge in [-0.2, -0.15) is 0 Å². The number of thioether (sulfide) groups is 1. The predicted octanol–water partition coefficient (Wildman–Crippen LogP) is 2.23. The molecule has 2 rings (SSSR count). The van der Waals surface area contributed by atoms with Gasteiger partial charge in [0.15, 0.2) is 0 Å². The summed E-state index contributed by atoms with van der Waals surface area (Å²) >= 11 is 1.44. The highest BCUT2D eigenvalue weighted by Crippen LogP contribution is 2.29. The predicted molar refractivity (Wildman–Crippen MR) is 82.8 cm³/mol. The van der Waals surface area contributed by atoms with E-state index < -0.39 is 0 Å². The lowest BCUT2D eigenvalue weighted by molar-refractivity contribution is -0.120. The zero-order valence-corrected chi connectivity index (χ0v) is 12.1. The Hall–Kier alpha value is -2.05. The lowest BCUT2D eigenvalue weighted by Gasteiger charge is -2.10. The Balaban J connectivity index is 2.13. The molecule has 0 saturated carbocycles. The molecule has 0 aliphatic carbocycles. The van der Waals surface area contributed by atoms with E-state index >= 15 is 0 Å². The van der Waals surface area contributed by atoms with Crippen LogP contribution < -0.4 is 17.0 Å². The first kappa shape index (κ1) is 15.3. The molecule has 0 atom stereocenters. The molecule has 0 heterocycles. The first-order valence-corrected chi connectivity index (χ1v) is 7.32. The van der Waals surface area contributed by atoms with Crippen LogP contribution in [0.25, 0.3) is 0 Å². The molecule has 0 spiro atoms. The summed E-state index contributed by atoms with van der Waals surface area (Å²) in [5.74, 6) is 5.14. The Morgan fingerprint density at radius 2 is 1.90 bits per heavy atom. The molecule has 0 saturated heterocycles. The summed E-state index contributed by atoms with van der Waals surface area (Å²) < 4.78 is 13.2. The second-order valence-corrected chi connectivity index (χ2v) is 5.50. The van der Waals surface area contributed by atoms with Gasteiger partial charge in [0.25, 0.3) is 0 Å². The zero-order chi connectivity index (χ0) is 15.2. The fraction of sp³-hybridized carbons (Fsp3) is 0.133. The Kier molecular flexibility index (Phi) is 5.19. The zero-order valence-electron chi connectivity index (χ0n) is 11.3. The van der Waals surface area contributed by atoms with Gasteiger partial charge >= 0.3 is 0 Å². The van der Waals surface area contributed by atoms with Crippen molar-refractivity contribution in [3.63, 3.8) is 0 Å². The van der Waals surface area contributed by atoms with Crippen molar-refractivity contribution in [3.8, 4) is 0 Å². The molecule has 5 N–H and O–H groups in total. The third kappa shape index (κ3) is 4.21. The van der Waals surface area contributed by atoms with Crippen molar-refractivity contribution in [2.75, 3.05) is 5.73 Å². The third-order valence-corrected chi connectivity index (χ3v) is 4.11. The van der Waals surface area contributed by atoms with E-state index in [0.717, 1.165) is 11.1 Å². The number of nitrogens with two attached hydrogens (primary N) is 2. The Morgan fingerprint density at radius 3 is 2.62 bits per heavy atom. The minimum absolute atomic E-state index is 0.214. The summed E-state index contributed by atoms with van der Waals surface area (Å²) in [6.07, 6.45) is 0.214. The van der Waals surface area contributed by atoms with E-state index in [1.165, 1.54) is 23.9 Å². The largest absolute Gasteiger partial charge is 0.398 e. The molecular weight excluding hydrogens is 289 g/mol. The van der Waals surface area contributed by atoms with Crippen LogP contribution >= 0.6 is 11.8 Å². The van der Waals surface area contributed by atoms with Crippen molar-refractivity contribution >= 4 is 23.4 Å². The van der Waals surface area contributed by atoms with Crippen LogP contribution in [0.3, 0.4) is 0 Å². The number of carbonyl (C=O) groups excluding carboxylic acids is 1. The second kappa shape index (κ2) is 7.10. The summed E-state index contributed by atoms with van der Waals surface area (Å²) in [6.45, 7) is 0. The van der Waals surface area contributed by atoms with Gasteiger partial charge < -0.3 is 5.73 Å². The Morgan fingerprint density at radius 1 is 1.19 bits per heavy atom. The Bertz CT molecular complexity index is 649. The minimum atomic E-state index is -0.317. The van der Waals surface area contributed by atoms with Crippen molar-refractivity contribution in [1.82, 2.24) is 5.43 Å². The molecule has 0 aliphatic rings. The number of hydrogen-bond acceptors (Lipinski definition) is 4. The van der Waals surface area contributed by atoms with E-state index in [9.17, 15) is 9.18 Å². The van der Waals surface area contributed by atoms with Gasteiger partial charge in [0.05, 0.1) is 6.42 Å². The maximum atomic E-state index is 13.2. The van der Waals surface area contributed by atoms with Crippen LogP contribution in [-0.2, 0) is 17.0 Å². The highest BCUT2D eigenvalue weighted by molar-refractivity contribution is 7.98. The second-order valence-electron chi connectivity index (χ2n) is 4.48. The molecule has 0 unspecified atom stereocenters. The molecule has 4 nitrogen and oxygen atoms in total. The minimum Gasteiger partial charge on any atom is -0.398 e. The van der Waals surface area contributed by atoms with Crippen molar-refractivity contribution < 1.29 is 9.18 Å². The van der Waals surface area contributed by atoms with Crippen LogP contribution in [-0.4, -0.2) is 5.91 Å². The number of nitrogens with one attached hydrogen (secondary N) is 1. The lowest BCUT2D eigenvalue weighted by Crippen LogP contribution is -2.31. The van der Waals surface area contributed by atoms with Gasteiger partial charge in [-0.1, -0.05) is 24.3 Å². The van der Waals surface area contributed by atoms with E-state index in [2.05, 4.69) is 5.43 Å². The highest BCUT2D eigenvalue weighted by atomic mass is 32.2. The SMILES string of the molecule is NNC(=O)Cc1ccccc1CSc1cc(F)ccc1N. The number of rotatable bonds is 5. The molecule has 6 heteroatoms. The number of anilines is 1. The summed E-state index contributed by atoms with van der Waals surface area (Å²) in [7, 11) is 0.